The van der Waals surface area contributed by atoms with Gasteiger partial charge < -0.3 is 15.6 Å². The van der Waals surface area contributed by atoms with Crippen molar-refractivity contribution in [3.8, 4) is 11.6 Å². The lowest BCUT2D eigenvalue weighted by Crippen LogP contribution is -2.05. The fraction of sp³-hybridized carbons (Fsp3) is 0.214. The first-order valence-electron chi connectivity index (χ1n) is 5.78. The molecule has 0 bridgehead atoms. The lowest BCUT2D eigenvalue weighted by Gasteiger charge is -2.09. The summed E-state index contributed by atoms with van der Waals surface area (Å²) in [7, 11) is 0. The second-order valence-corrected chi connectivity index (χ2v) is 4.12. The Balaban J connectivity index is 2.15. The Morgan fingerprint density at radius 1 is 1.28 bits per heavy atom. The molecule has 0 spiro atoms. The average molecular weight is 244 g/mol. The molecule has 94 valence electrons. The van der Waals surface area contributed by atoms with E-state index in [-0.39, 0.29) is 12.6 Å². The van der Waals surface area contributed by atoms with Gasteiger partial charge in [-0.2, -0.15) is 0 Å². The quantitative estimate of drug-likeness (QED) is 0.866. The number of hydrogen-bond acceptors (Lipinski definition) is 4. The fourth-order valence-electron chi connectivity index (χ4n) is 1.55. The Morgan fingerprint density at radius 3 is 2.61 bits per heavy atom. The molecule has 0 aliphatic carbocycles. The third-order valence-electron chi connectivity index (χ3n) is 2.61. The van der Waals surface area contributed by atoms with E-state index in [1.54, 1.807) is 18.3 Å². The molecule has 0 aliphatic heterocycles. The maximum Gasteiger partial charge on any atom is 0.219 e. The number of nitrogens with two attached hydrogens (primary N) is 1. The topological polar surface area (TPSA) is 68.4 Å². The molecule has 0 aliphatic rings. The van der Waals surface area contributed by atoms with Gasteiger partial charge in [0.25, 0.3) is 0 Å². The van der Waals surface area contributed by atoms with Gasteiger partial charge in [0.2, 0.25) is 5.88 Å². The maximum absolute atomic E-state index is 8.95. The molecule has 2 aromatic rings. The van der Waals surface area contributed by atoms with E-state index >= 15 is 0 Å². The summed E-state index contributed by atoms with van der Waals surface area (Å²) in [4.78, 5) is 4.13. The molecule has 0 radical (unpaired) electrons. The van der Waals surface area contributed by atoms with E-state index in [1.165, 1.54) is 0 Å². The van der Waals surface area contributed by atoms with Crippen molar-refractivity contribution >= 4 is 0 Å². The van der Waals surface area contributed by atoms with Crippen molar-refractivity contribution < 1.29 is 9.84 Å². The summed E-state index contributed by atoms with van der Waals surface area (Å²) in [5.41, 5.74) is 7.63. The van der Waals surface area contributed by atoms with Crippen molar-refractivity contribution in [2.45, 2.75) is 19.6 Å². The van der Waals surface area contributed by atoms with Gasteiger partial charge in [-0.05, 0) is 36.2 Å². The second kappa shape index (κ2) is 5.62. The molecule has 3 N–H and O–H groups in total. The first-order chi connectivity index (χ1) is 8.69. The zero-order valence-corrected chi connectivity index (χ0v) is 10.2. The van der Waals surface area contributed by atoms with Crippen molar-refractivity contribution in [2.75, 3.05) is 0 Å². The van der Waals surface area contributed by atoms with Crippen LogP contribution in [0.4, 0.5) is 0 Å². The Morgan fingerprint density at radius 2 is 2.00 bits per heavy atom. The van der Waals surface area contributed by atoms with E-state index in [2.05, 4.69) is 4.98 Å². The highest BCUT2D eigenvalue weighted by Gasteiger charge is 2.03. The molecule has 4 nitrogen and oxygen atoms in total. The molecule has 2 rings (SSSR count). The van der Waals surface area contributed by atoms with Crippen molar-refractivity contribution in [3.05, 3.63) is 53.7 Å². The van der Waals surface area contributed by atoms with Gasteiger partial charge in [-0.25, -0.2) is 4.98 Å². The summed E-state index contributed by atoms with van der Waals surface area (Å²) in [5, 5.41) is 8.95. The van der Waals surface area contributed by atoms with Crippen molar-refractivity contribution in [3.63, 3.8) is 0 Å². The van der Waals surface area contributed by atoms with E-state index in [0.717, 1.165) is 11.1 Å². The van der Waals surface area contributed by atoms with E-state index in [0.29, 0.717) is 11.6 Å². The molecule has 0 saturated carbocycles. The highest BCUT2D eigenvalue weighted by atomic mass is 16.5. The number of pyridine rings is 1. The Bertz CT molecular complexity index is 509. The van der Waals surface area contributed by atoms with Crippen LogP contribution < -0.4 is 10.5 Å². The van der Waals surface area contributed by atoms with E-state index < -0.39 is 0 Å². The molecular weight excluding hydrogens is 228 g/mol. The summed E-state index contributed by atoms with van der Waals surface area (Å²) in [5.74, 6) is 1.20. The monoisotopic (exact) mass is 244 g/mol. The van der Waals surface area contributed by atoms with Gasteiger partial charge in [-0.1, -0.05) is 12.1 Å². The Hall–Kier alpha value is -1.91. The van der Waals surface area contributed by atoms with Crippen molar-refractivity contribution in [1.29, 1.82) is 0 Å². The second-order valence-electron chi connectivity index (χ2n) is 4.12. The molecule has 0 saturated heterocycles. The summed E-state index contributed by atoms with van der Waals surface area (Å²) in [6, 6.07) is 10.9. The highest BCUT2D eigenvalue weighted by Crippen LogP contribution is 2.22. The van der Waals surface area contributed by atoms with E-state index in [9.17, 15) is 0 Å². The predicted octanol–water partition coefficient (Wildman–Crippen LogP) is 2.39. The number of hydrogen-bond donors (Lipinski definition) is 2. The van der Waals surface area contributed by atoms with E-state index in [1.807, 2.05) is 31.2 Å². The van der Waals surface area contributed by atoms with Crippen LogP contribution in [0.25, 0.3) is 0 Å². The summed E-state index contributed by atoms with van der Waals surface area (Å²) < 4.78 is 5.62. The fourth-order valence-corrected chi connectivity index (χ4v) is 1.55. The number of benzene rings is 1. The van der Waals surface area contributed by atoms with Crippen LogP contribution >= 0.6 is 0 Å². The van der Waals surface area contributed by atoms with Crippen LogP contribution in [0, 0.1) is 0 Å². The number of aromatic nitrogens is 1. The van der Waals surface area contributed by atoms with E-state index in [4.69, 9.17) is 15.6 Å². The largest absolute Gasteiger partial charge is 0.439 e. The molecule has 0 amide bonds. The van der Waals surface area contributed by atoms with Crippen LogP contribution in [-0.2, 0) is 6.61 Å². The molecule has 18 heavy (non-hydrogen) atoms. The minimum absolute atomic E-state index is 0.0265. The minimum atomic E-state index is -0.0490. The van der Waals surface area contributed by atoms with Gasteiger partial charge in [-0.3, -0.25) is 0 Å². The average Bonchev–Trinajstić information content (AvgIpc) is 2.40. The van der Waals surface area contributed by atoms with Crippen LogP contribution in [0.2, 0.25) is 0 Å². The molecule has 1 heterocycles. The standard InChI is InChI=1S/C14H16N2O2/c1-10(15)12-6-7-16-14(8-12)18-13-4-2-11(9-17)3-5-13/h2-8,10,17H,9,15H2,1H3. The minimum Gasteiger partial charge on any atom is -0.439 e. The third kappa shape index (κ3) is 3.06. The van der Waals surface area contributed by atoms with Gasteiger partial charge in [-0.15, -0.1) is 0 Å². The summed E-state index contributed by atoms with van der Waals surface area (Å²) >= 11 is 0. The molecule has 1 atom stereocenters. The molecule has 1 aromatic carbocycles. The van der Waals surface area contributed by atoms with Gasteiger partial charge in [0.15, 0.2) is 0 Å². The molecule has 1 unspecified atom stereocenters. The SMILES string of the molecule is CC(N)c1ccnc(Oc2ccc(CO)cc2)c1. The maximum atomic E-state index is 8.95. The lowest BCUT2D eigenvalue weighted by molar-refractivity contribution is 0.281. The molecular formula is C14H16N2O2. The number of nitrogens with zero attached hydrogens (tertiary/aromatic N) is 1. The number of ether oxygens (including phenoxy) is 1. The van der Waals surface area contributed by atoms with Crippen LogP contribution in [-0.4, -0.2) is 10.1 Å². The zero-order valence-electron chi connectivity index (χ0n) is 10.2. The van der Waals surface area contributed by atoms with Crippen molar-refractivity contribution in [2.24, 2.45) is 5.73 Å². The van der Waals surface area contributed by atoms with Crippen LogP contribution in [0.15, 0.2) is 42.6 Å². The first kappa shape index (κ1) is 12.5. The molecule has 4 heteroatoms. The van der Waals surface area contributed by atoms with Crippen molar-refractivity contribution in [1.82, 2.24) is 4.98 Å². The highest BCUT2D eigenvalue weighted by molar-refractivity contribution is 5.31. The van der Waals surface area contributed by atoms with Gasteiger partial charge >= 0.3 is 0 Å². The Labute approximate surface area is 106 Å². The Kier molecular flexibility index (Phi) is 3.92. The zero-order chi connectivity index (χ0) is 13.0. The molecule has 1 aromatic heterocycles. The van der Waals surface area contributed by atoms with Gasteiger partial charge in [0.1, 0.15) is 5.75 Å². The number of rotatable bonds is 4. The smallest absolute Gasteiger partial charge is 0.219 e. The third-order valence-corrected chi connectivity index (χ3v) is 2.61. The summed E-state index contributed by atoms with van der Waals surface area (Å²) in [6.07, 6.45) is 1.68. The van der Waals surface area contributed by atoms with Crippen LogP contribution in [0.5, 0.6) is 11.6 Å². The normalized spacial score (nSPS) is 12.2. The number of aliphatic hydroxyl groups is 1. The lowest BCUT2D eigenvalue weighted by atomic mass is 10.1. The molecule has 0 fully saturated rings. The van der Waals surface area contributed by atoms with Crippen LogP contribution in [0.1, 0.15) is 24.1 Å². The summed E-state index contributed by atoms with van der Waals surface area (Å²) in [6.45, 7) is 1.94. The predicted molar refractivity (Wildman–Crippen MR) is 69.3 cm³/mol. The van der Waals surface area contributed by atoms with Crippen LogP contribution in [0.3, 0.4) is 0 Å². The first-order valence-corrected chi connectivity index (χ1v) is 5.78. The van der Waals surface area contributed by atoms with Gasteiger partial charge in [0, 0.05) is 18.3 Å². The number of aliphatic hydroxyl groups excluding tert-OH is 1. The van der Waals surface area contributed by atoms with Gasteiger partial charge in [0.05, 0.1) is 6.61 Å².